The van der Waals surface area contributed by atoms with Crippen LogP contribution in [0.2, 0.25) is 0 Å². The minimum atomic E-state index is -0.987. The van der Waals surface area contributed by atoms with E-state index in [1.165, 1.54) is 25.3 Å². The molecule has 21 heavy (non-hydrogen) atoms. The number of halogens is 1. The van der Waals surface area contributed by atoms with E-state index >= 15 is 0 Å². The highest BCUT2D eigenvalue weighted by molar-refractivity contribution is 5.90. The lowest BCUT2D eigenvalue weighted by Crippen LogP contribution is -2.46. The molecule has 1 rings (SSSR count). The summed E-state index contributed by atoms with van der Waals surface area (Å²) in [6, 6.07) is 3.35. The number of hydrogen-bond donors (Lipinski definition) is 3. The Morgan fingerprint density at radius 3 is 2.76 bits per heavy atom. The minimum absolute atomic E-state index is 0.0538. The molecule has 0 aliphatic carbocycles. The van der Waals surface area contributed by atoms with Crippen LogP contribution in [0.4, 0.5) is 14.9 Å². The molecule has 0 spiro atoms. The number of rotatable bonds is 6. The fourth-order valence-electron chi connectivity index (χ4n) is 1.81. The van der Waals surface area contributed by atoms with Crippen LogP contribution in [0.25, 0.3) is 0 Å². The van der Waals surface area contributed by atoms with Gasteiger partial charge in [0, 0.05) is 12.6 Å². The Hall–Kier alpha value is -1.82. The van der Waals surface area contributed by atoms with Gasteiger partial charge in [0.25, 0.3) is 0 Å². The molecule has 1 aromatic carbocycles. The van der Waals surface area contributed by atoms with Crippen molar-refractivity contribution >= 4 is 11.7 Å². The molecule has 2 unspecified atom stereocenters. The molecule has 118 valence electrons. The molecule has 0 fully saturated rings. The molecule has 0 radical (unpaired) electrons. The molecule has 3 N–H and O–H groups in total. The number of benzene rings is 1. The van der Waals surface area contributed by atoms with Gasteiger partial charge >= 0.3 is 6.03 Å². The molecule has 2 amide bonds. The third kappa shape index (κ3) is 4.90. The summed E-state index contributed by atoms with van der Waals surface area (Å²) in [5, 5.41) is 15.4. The molecule has 0 saturated heterocycles. The maximum absolute atomic E-state index is 13.1. The van der Waals surface area contributed by atoms with E-state index in [0.717, 1.165) is 6.42 Å². The van der Waals surface area contributed by atoms with Crippen molar-refractivity contribution in [2.75, 3.05) is 19.0 Å². The number of carbonyl (C=O) groups excluding carboxylic acids is 1. The highest BCUT2D eigenvalue weighted by Gasteiger charge is 2.27. The summed E-state index contributed by atoms with van der Waals surface area (Å²) in [4.78, 5) is 11.8. The summed E-state index contributed by atoms with van der Waals surface area (Å²) in [6.45, 7) is 5.70. The van der Waals surface area contributed by atoms with Gasteiger partial charge in [-0.2, -0.15) is 0 Å². The molecule has 0 bridgehead atoms. The molecule has 0 aliphatic heterocycles. The van der Waals surface area contributed by atoms with Gasteiger partial charge in [0.2, 0.25) is 0 Å². The van der Waals surface area contributed by atoms with E-state index in [-0.39, 0.29) is 18.2 Å². The van der Waals surface area contributed by atoms with Gasteiger partial charge in [-0.3, -0.25) is 0 Å². The lowest BCUT2D eigenvalue weighted by atomic mass is 9.89. The molecule has 0 saturated carbocycles. The fourth-order valence-corrected chi connectivity index (χ4v) is 1.81. The van der Waals surface area contributed by atoms with E-state index in [1.54, 1.807) is 6.92 Å². The van der Waals surface area contributed by atoms with Gasteiger partial charge in [-0.05, 0) is 25.0 Å². The van der Waals surface area contributed by atoms with Crippen molar-refractivity contribution in [2.24, 2.45) is 5.92 Å². The van der Waals surface area contributed by atoms with Gasteiger partial charge in [0.1, 0.15) is 11.6 Å². The zero-order valence-electron chi connectivity index (χ0n) is 12.9. The lowest BCUT2D eigenvalue weighted by molar-refractivity contribution is 0.00827. The topological polar surface area (TPSA) is 70.6 Å². The van der Waals surface area contributed by atoms with Crippen molar-refractivity contribution in [3.8, 4) is 5.75 Å². The summed E-state index contributed by atoms with van der Waals surface area (Å²) >= 11 is 0. The van der Waals surface area contributed by atoms with Gasteiger partial charge in [-0.15, -0.1) is 0 Å². The molecule has 6 heteroatoms. The lowest BCUT2D eigenvalue weighted by Gasteiger charge is -2.29. The number of urea groups is 1. The summed E-state index contributed by atoms with van der Waals surface area (Å²) in [6.07, 6.45) is 0.808. The largest absolute Gasteiger partial charge is 0.494 e. The number of ether oxygens (including phenoxy) is 1. The third-order valence-electron chi connectivity index (χ3n) is 3.69. The van der Waals surface area contributed by atoms with Crippen LogP contribution < -0.4 is 15.4 Å². The van der Waals surface area contributed by atoms with Crippen LogP contribution in [-0.2, 0) is 0 Å². The van der Waals surface area contributed by atoms with E-state index < -0.39 is 17.4 Å². The molecular formula is C15H23FN2O3. The van der Waals surface area contributed by atoms with Crippen LogP contribution in [0.5, 0.6) is 5.75 Å². The number of hydrogen-bond acceptors (Lipinski definition) is 3. The second-order valence-corrected chi connectivity index (χ2v) is 5.32. The zero-order chi connectivity index (χ0) is 16.0. The number of methoxy groups -OCH3 is 1. The van der Waals surface area contributed by atoms with Gasteiger partial charge in [0.05, 0.1) is 18.4 Å². The van der Waals surface area contributed by atoms with Gasteiger partial charge in [-0.25, -0.2) is 9.18 Å². The Labute approximate surface area is 124 Å². The van der Waals surface area contributed by atoms with E-state index in [4.69, 9.17) is 4.74 Å². The van der Waals surface area contributed by atoms with Gasteiger partial charge < -0.3 is 20.5 Å². The van der Waals surface area contributed by atoms with E-state index in [0.29, 0.717) is 5.69 Å². The highest BCUT2D eigenvalue weighted by Crippen LogP contribution is 2.25. The normalized spacial score (nSPS) is 15.0. The highest BCUT2D eigenvalue weighted by atomic mass is 19.1. The van der Waals surface area contributed by atoms with Crippen LogP contribution in [0.15, 0.2) is 18.2 Å². The zero-order valence-corrected chi connectivity index (χ0v) is 12.9. The van der Waals surface area contributed by atoms with Crippen molar-refractivity contribution in [2.45, 2.75) is 32.8 Å². The number of amides is 2. The first-order chi connectivity index (χ1) is 9.80. The van der Waals surface area contributed by atoms with Crippen molar-refractivity contribution in [1.29, 1.82) is 0 Å². The monoisotopic (exact) mass is 298 g/mol. The number of anilines is 1. The predicted molar refractivity (Wildman–Crippen MR) is 80.1 cm³/mol. The van der Waals surface area contributed by atoms with Gasteiger partial charge in [-0.1, -0.05) is 20.3 Å². The van der Waals surface area contributed by atoms with Crippen molar-refractivity contribution in [3.05, 3.63) is 24.0 Å². The van der Waals surface area contributed by atoms with Crippen LogP contribution in [0.3, 0.4) is 0 Å². The van der Waals surface area contributed by atoms with Crippen LogP contribution >= 0.6 is 0 Å². The van der Waals surface area contributed by atoms with Crippen molar-refractivity contribution in [3.63, 3.8) is 0 Å². The van der Waals surface area contributed by atoms with Crippen molar-refractivity contribution < 1.29 is 19.0 Å². The van der Waals surface area contributed by atoms with Gasteiger partial charge in [0.15, 0.2) is 0 Å². The Morgan fingerprint density at radius 1 is 1.52 bits per heavy atom. The number of nitrogens with one attached hydrogen (secondary N) is 2. The first-order valence-electron chi connectivity index (χ1n) is 6.91. The molecule has 1 aromatic rings. The summed E-state index contributed by atoms with van der Waals surface area (Å²) in [5.41, 5.74) is -0.626. The molecule has 2 atom stereocenters. The summed E-state index contributed by atoms with van der Waals surface area (Å²) in [7, 11) is 1.39. The Morgan fingerprint density at radius 2 is 2.19 bits per heavy atom. The number of carbonyl (C=O) groups is 1. The fraction of sp³-hybridized carbons (Fsp3) is 0.533. The predicted octanol–water partition coefficient (Wildman–Crippen LogP) is 2.75. The molecule has 0 aliphatic rings. The standard InChI is InChI=1S/C15H23FN2O3/c1-5-10(2)15(3,20)9-17-14(19)18-12-7-6-11(16)8-13(12)21-4/h6-8,10,20H,5,9H2,1-4H3,(H2,17,18,19). The first-order valence-corrected chi connectivity index (χ1v) is 6.91. The smallest absolute Gasteiger partial charge is 0.319 e. The maximum Gasteiger partial charge on any atom is 0.319 e. The molecule has 0 heterocycles. The first kappa shape index (κ1) is 17.2. The SMILES string of the molecule is CCC(C)C(C)(O)CNC(=O)Nc1ccc(F)cc1OC. The van der Waals surface area contributed by atoms with Crippen LogP contribution in [0.1, 0.15) is 27.2 Å². The summed E-state index contributed by atoms with van der Waals surface area (Å²) in [5.74, 6) is -0.158. The third-order valence-corrected chi connectivity index (χ3v) is 3.69. The summed E-state index contributed by atoms with van der Waals surface area (Å²) < 4.78 is 18.1. The second kappa shape index (κ2) is 7.26. The molecule has 0 aromatic heterocycles. The Kier molecular flexibility index (Phi) is 5.96. The van der Waals surface area contributed by atoms with E-state index in [9.17, 15) is 14.3 Å². The maximum atomic E-state index is 13.1. The van der Waals surface area contributed by atoms with Crippen LogP contribution in [-0.4, -0.2) is 30.4 Å². The quantitative estimate of drug-likeness (QED) is 0.756. The van der Waals surface area contributed by atoms with Crippen LogP contribution in [0, 0.1) is 11.7 Å². The average molecular weight is 298 g/mol. The number of aliphatic hydroxyl groups is 1. The molecular weight excluding hydrogens is 275 g/mol. The molecule has 5 nitrogen and oxygen atoms in total. The van der Waals surface area contributed by atoms with E-state index in [1.807, 2.05) is 13.8 Å². The van der Waals surface area contributed by atoms with Crippen molar-refractivity contribution in [1.82, 2.24) is 5.32 Å². The minimum Gasteiger partial charge on any atom is -0.494 e. The Balaban J connectivity index is 2.62. The average Bonchev–Trinajstić information content (AvgIpc) is 2.46. The second-order valence-electron chi connectivity index (χ2n) is 5.32. The Bertz CT molecular complexity index is 492. The van der Waals surface area contributed by atoms with E-state index in [2.05, 4.69) is 10.6 Å².